The average molecular weight is 162 g/mol. The van der Waals surface area contributed by atoms with E-state index in [1.807, 2.05) is 32.9 Å². The molecule has 0 heterocycles. The Balaban J connectivity index is 4.12. The number of hydrogen-bond acceptors (Lipinski definition) is 1. The Bertz CT molecular complexity index is 254. The second kappa shape index (κ2) is 6.42. The molecule has 0 saturated carbocycles. The molecule has 12 heavy (non-hydrogen) atoms. The maximum atomic E-state index is 9.99. The molecular weight excluding hydrogens is 148 g/mol. The average Bonchev–Trinajstić information content (AvgIpc) is 2.00. The molecule has 0 amide bonds. The molecule has 0 aromatic rings. The Labute approximate surface area is 74.2 Å². The molecule has 0 aliphatic carbocycles. The lowest BCUT2D eigenvalue weighted by atomic mass is 10.2. The van der Waals surface area contributed by atoms with Gasteiger partial charge in [0.15, 0.2) is 0 Å². The Kier molecular flexibility index (Phi) is 5.73. The minimum Gasteiger partial charge on any atom is -0.303 e. The second-order valence-corrected chi connectivity index (χ2v) is 2.78. The first-order chi connectivity index (χ1) is 5.66. The second-order valence-electron chi connectivity index (χ2n) is 2.78. The molecule has 0 radical (unpaired) electrons. The van der Waals surface area contributed by atoms with E-state index < -0.39 is 0 Å². The van der Waals surface area contributed by atoms with Gasteiger partial charge in [-0.1, -0.05) is 23.5 Å². The van der Waals surface area contributed by atoms with Crippen molar-refractivity contribution in [2.75, 3.05) is 0 Å². The van der Waals surface area contributed by atoms with E-state index in [4.69, 9.17) is 0 Å². The van der Waals surface area contributed by atoms with Crippen molar-refractivity contribution in [3.8, 4) is 11.8 Å². The van der Waals surface area contributed by atoms with Crippen LogP contribution in [-0.2, 0) is 4.79 Å². The summed E-state index contributed by atoms with van der Waals surface area (Å²) in [6, 6.07) is 0. The molecule has 0 unspecified atom stereocenters. The third-order valence-electron chi connectivity index (χ3n) is 1.15. The highest BCUT2D eigenvalue weighted by molar-refractivity contribution is 5.53. The van der Waals surface area contributed by atoms with E-state index in [2.05, 4.69) is 11.8 Å². The fourth-order valence-corrected chi connectivity index (χ4v) is 0.570. The van der Waals surface area contributed by atoms with Crippen LogP contribution in [0, 0.1) is 11.8 Å². The highest BCUT2D eigenvalue weighted by Gasteiger charge is 1.78. The van der Waals surface area contributed by atoms with Gasteiger partial charge in [-0.05, 0) is 32.4 Å². The van der Waals surface area contributed by atoms with Crippen LogP contribution in [0.1, 0.15) is 27.2 Å². The van der Waals surface area contributed by atoms with E-state index in [0.29, 0.717) is 6.42 Å². The van der Waals surface area contributed by atoms with Gasteiger partial charge in [0.25, 0.3) is 0 Å². The molecule has 0 aliphatic heterocycles. The van der Waals surface area contributed by atoms with E-state index in [-0.39, 0.29) is 0 Å². The fourth-order valence-electron chi connectivity index (χ4n) is 0.570. The highest BCUT2D eigenvalue weighted by Crippen LogP contribution is 1.91. The Morgan fingerprint density at radius 3 is 2.50 bits per heavy atom. The molecule has 0 fully saturated rings. The quantitative estimate of drug-likeness (QED) is 0.450. The predicted octanol–water partition coefficient (Wildman–Crippen LogP) is 2.49. The van der Waals surface area contributed by atoms with E-state index >= 15 is 0 Å². The predicted molar refractivity (Wildman–Crippen MR) is 51.6 cm³/mol. The lowest BCUT2D eigenvalue weighted by Gasteiger charge is -1.83. The van der Waals surface area contributed by atoms with Crippen LogP contribution in [0.15, 0.2) is 23.3 Å². The monoisotopic (exact) mass is 162 g/mol. The van der Waals surface area contributed by atoms with Crippen molar-refractivity contribution >= 4 is 6.29 Å². The molecule has 0 atom stereocenters. The Hall–Kier alpha value is -1.29. The van der Waals surface area contributed by atoms with Crippen molar-refractivity contribution in [2.45, 2.75) is 27.2 Å². The number of aldehydes is 1. The van der Waals surface area contributed by atoms with E-state index in [9.17, 15) is 4.79 Å². The van der Waals surface area contributed by atoms with Crippen LogP contribution in [0.2, 0.25) is 0 Å². The normalized spacial score (nSPS) is 9.75. The molecule has 1 heteroatoms. The molecule has 0 aliphatic rings. The molecule has 64 valence electrons. The van der Waals surface area contributed by atoms with E-state index in [0.717, 1.165) is 11.9 Å². The molecule has 0 aromatic heterocycles. The molecular formula is C11H14O. The largest absolute Gasteiger partial charge is 0.303 e. The van der Waals surface area contributed by atoms with E-state index in [1.165, 1.54) is 5.57 Å². The molecule has 0 bridgehead atoms. The van der Waals surface area contributed by atoms with Gasteiger partial charge < -0.3 is 4.79 Å². The molecule has 0 rings (SSSR count). The SMILES string of the molecule is CC(C)=CC#C/C(C)=C/CC=O. The zero-order valence-electron chi connectivity index (χ0n) is 7.85. The Morgan fingerprint density at radius 1 is 1.33 bits per heavy atom. The smallest absolute Gasteiger partial charge is 0.123 e. The zero-order chi connectivity index (χ0) is 9.40. The van der Waals surface area contributed by atoms with Crippen LogP contribution in [0.5, 0.6) is 0 Å². The van der Waals surface area contributed by atoms with Crippen molar-refractivity contribution < 1.29 is 4.79 Å². The van der Waals surface area contributed by atoms with E-state index in [1.54, 1.807) is 0 Å². The van der Waals surface area contributed by atoms with Gasteiger partial charge >= 0.3 is 0 Å². The van der Waals surface area contributed by atoms with Crippen LogP contribution in [0.3, 0.4) is 0 Å². The van der Waals surface area contributed by atoms with Gasteiger partial charge in [0.1, 0.15) is 6.29 Å². The fraction of sp³-hybridized carbons (Fsp3) is 0.364. The maximum absolute atomic E-state index is 9.99. The molecule has 0 spiro atoms. The van der Waals surface area contributed by atoms with Gasteiger partial charge in [0.2, 0.25) is 0 Å². The number of carbonyl (C=O) groups excluding carboxylic acids is 1. The number of hydrogen-bond donors (Lipinski definition) is 0. The maximum Gasteiger partial charge on any atom is 0.123 e. The summed E-state index contributed by atoms with van der Waals surface area (Å²) in [5, 5.41) is 0. The topological polar surface area (TPSA) is 17.1 Å². The number of carbonyl (C=O) groups is 1. The third kappa shape index (κ3) is 6.82. The van der Waals surface area contributed by atoms with Crippen LogP contribution >= 0.6 is 0 Å². The summed E-state index contributed by atoms with van der Waals surface area (Å²) in [5.41, 5.74) is 2.13. The molecule has 0 N–H and O–H groups in total. The molecule has 0 aromatic carbocycles. The summed E-state index contributed by atoms with van der Waals surface area (Å²) in [6.07, 6.45) is 5.00. The molecule has 0 saturated heterocycles. The summed E-state index contributed by atoms with van der Waals surface area (Å²) < 4.78 is 0. The van der Waals surface area contributed by atoms with Crippen LogP contribution in [-0.4, -0.2) is 6.29 Å². The third-order valence-corrected chi connectivity index (χ3v) is 1.15. The van der Waals surface area contributed by atoms with Crippen molar-refractivity contribution in [2.24, 2.45) is 0 Å². The summed E-state index contributed by atoms with van der Waals surface area (Å²) >= 11 is 0. The van der Waals surface area contributed by atoms with Crippen LogP contribution in [0.4, 0.5) is 0 Å². The highest BCUT2D eigenvalue weighted by atomic mass is 16.1. The minimum atomic E-state index is 0.454. The number of rotatable bonds is 2. The first kappa shape index (κ1) is 10.7. The molecule has 1 nitrogen and oxygen atoms in total. The lowest BCUT2D eigenvalue weighted by Crippen LogP contribution is -1.72. The van der Waals surface area contributed by atoms with Gasteiger partial charge in [-0.15, -0.1) is 0 Å². The van der Waals surface area contributed by atoms with Gasteiger partial charge in [0, 0.05) is 6.42 Å². The zero-order valence-corrected chi connectivity index (χ0v) is 7.85. The van der Waals surface area contributed by atoms with Gasteiger partial charge in [-0.2, -0.15) is 0 Å². The van der Waals surface area contributed by atoms with Gasteiger partial charge in [-0.3, -0.25) is 0 Å². The first-order valence-electron chi connectivity index (χ1n) is 3.92. The number of allylic oxidation sites excluding steroid dienone is 4. The summed E-state index contributed by atoms with van der Waals surface area (Å²) in [7, 11) is 0. The first-order valence-corrected chi connectivity index (χ1v) is 3.92. The van der Waals surface area contributed by atoms with Crippen molar-refractivity contribution in [3.63, 3.8) is 0 Å². The van der Waals surface area contributed by atoms with Gasteiger partial charge in [0.05, 0.1) is 0 Å². The van der Waals surface area contributed by atoms with Crippen molar-refractivity contribution in [3.05, 3.63) is 23.3 Å². The van der Waals surface area contributed by atoms with Crippen molar-refractivity contribution in [1.29, 1.82) is 0 Å². The standard InChI is InChI=1S/C11H14O/c1-10(2)6-4-7-11(3)8-5-9-12/h6,8-9H,5H2,1-3H3/b11-8+. The summed E-state index contributed by atoms with van der Waals surface area (Å²) in [6.45, 7) is 5.90. The Morgan fingerprint density at radius 2 is 2.00 bits per heavy atom. The van der Waals surface area contributed by atoms with Crippen molar-refractivity contribution in [1.82, 2.24) is 0 Å². The summed E-state index contributed by atoms with van der Waals surface area (Å²) in [5.74, 6) is 5.82. The minimum absolute atomic E-state index is 0.454. The van der Waals surface area contributed by atoms with Crippen LogP contribution in [0.25, 0.3) is 0 Å². The summed E-state index contributed by atoms with van der Waals surface area (Å²) in [4.78, 5) is 9.99. The van der Waals surface area contributed by atoms with Crippen LogP contribution < -0.4 is 0 Å². The lowest BCUT2D eigenvalue weighted by molar-refractivity contribution is -0.107. The van der Waals surface area contributed by atoms with Gasteiger partial charge in [-0.25, -0.2) is 0 Å².